The van der Waals surface area contributed by atoms with Crippen LogP contribution in [0, 0.1) is 0 Å². The van der Waals surface area contributed by atoms with Gasteiger partial charge in [0.05, 0.1) is 11.2 Å². The summed E-state index contributed by atoms with van der Waals surface area (Å²) in [5, 5.41) is 1.45. The third-order valence-electron chi connectivity index (χ3n) is 5.21. The van der Waals surface area contributed by atoms with Gasteiger partial charge in [-0.25, -0.2) is 18.4 Å². The highest BCUT2D eigenvalue weighted by Crippen LogP contribution is 2.29. The van der Waals surface area contributed by atoms with Crippen LogP contribution < -0.4 is 0 Å². The van der Waals surface area contributed by atoms with Crippen molar-refractivity contribution in [3.05, 3.63) is 83.3 Å². The van der Waals surface area contributed by atoms with Crippen molar-refractivity contribution < 1.29 is 8.42 Å². The summed E-state index contributed by atoms with van der Waals surface area (Å²) < 4.78 is 28.2. The fourth-order valence-corrected chi connectivity index (χ4v) is 5.37. The van der Waals surface area contributed by atoms with E-state index < -0.39 is 10.0 Å². The first-order valence-electron chi connectivity index (χ1n) is 9.47. The Balaban J connectivity index is 1.47. The minimum Gasteiger partial charge on any atom is -0.255 e. The number of rotatable bonds is 3. The van der Waals surface area contributed by atoms with Gasteiger partial charge in [0.15, 0.2) is 5.82 Å². The van der Waals surface area contributed by atoms with Crippen molar-refractivity contribution in [1.82, 2.24) is 19.3 Å². The zero-order chi connectivity index (χ0) is 20.7. The summed E-state index contributed by atoms with van der Waals surface area (Å²) in [7, 11) is -3.70. The molecule has 1 aliphatic rings. The minimum atomic E-state index is -3.70. The van der Waals surface area contributed by atoms with Gasteiger partial charge >= 0.3 is 0 Å². The average Bonchev–Trinajstić information content (AvgIpc) is 2.78. The van der Waals surface area contributed by atoms with Crippen LogP contribution in [0.25, 0.3) is 22.3 Å². The lowest BCUT2D eigenvalue weighted by atomic mass is 10.1. The molecule has 0 aliphatic carbocycles. The van der Waals surface area contributed by atoms with Gasteiger partial charge in [-0.1, -0.05) is 29.8 Å². The molecule has 4 aromatic rings. The zero-order valence-corrected chi connectivity index (χ0v) is 17.4. The lowest BCUT2D eigenvalue weighted by Gasteiger charge is -2.27. The number of fused-ring (bicyclic) bond motifs is 2. The summed E-state index contributed by atoms with van der Waals surface area (Å²) in [6, 6.07) is 16.2. The van der Waals surface area contributed by atoms with E-state index in [1.807, 2.05) is 24.3 Å². The Labute approximate surface area is 179 Å². The molecule has 8 heteroatoms. The van der Waals surface area contributed by atoms with E-state index in [4.69, 9.17) is 11.6 Å². The Hall–Kier alpha value is -2.87. The predicted octanol–water partition coefficient (Wildman–Crippen LogP) is 4.09. The second kappa shape index (κ2) is 7.43. The van der Waals surface area contributed by atoms with Crippen molar-refractivity contribution in [2.24, 2.45) is 0 Å². The molecule has 150 valence electrons. The molecule has 0 atom stereocenters. The molecule has 0 fully saturated rings. The summed E-state index contributed by atoms with van der Waals surface area (Å²) in [4.78, 5) is 13.6. The predicted molar refractivity (Wildman–Crippen MR) is 116 cm³/mol. The van der Waals surface area contributed by atoms with E-state index in [2.05, 4.69) is 15.0 Å². The number of halogens is 1. The van der Waals surface area contributed by atoms with Crippen molar-refractivity contribution in [1.29, 1.82) is 0 Å². The number of para-hydroxylation sites is 1. The van der Waals surface area contributed by atoms with E-state index in [0.717, 1.165) is 22.2 Å². The second-order valence-corrected chi connectivity index (χ2v) is 9.44. The van der Waals surface area contributed by atoms with Crippen LogP contribution >= 0.6 is 11.6 Å². The van der Waals surface area contributed by atoms with Gasteiger partial charge < -0.3 is 0 Å². The summed E-state index contributed by atoms with van der Waals surface area (Å²) in [6.45, 7) is 0.595. The number of benzene rings is 2. The maximum Gasteiger partial charge on any atom is 0.245 e. The van der Waals surface area contributed by atoms with Crippen LogP contribution in [0.2, 0.25) is 5.02 Å². The molecule has 0 amide bonds. The van der Waals surface area contributed by atoms with Gasteiger partial charge in [-0.05, 0) is 36.4 Å². The maximum absolute atomic E-state index is 13.4. The van der Waals surface area contributed by atoms with Crippen molar-refractivity contribution >= 4 is 32.5 Å². The molecule has 0 saturated heterocycles. The molecule has 3 heterocycles. The number of pyridine rings is 1. The van der Waals surface area contributed by atoms with Crippen LogP contribution in [0.1, 0.15) is 11.3 Å². The normalized spacial score (nSPS) is 14.6. The smallest absolute Gasteiger partial charge is 0.245 e. The largest absolute Gasteiger partial charge is 0.255 e. The first kappa shape index (κ1) is 19.1. The Kier molecular flexibility index (Phi) is 4.73. The standard InChI is InChI=1S/C22H17ClN4O2S/c23-18-8-6-16(7-9-18)22-25-13-17-14-27(12-10-19(17)26-22)30(28,29)20-5-1-3-15-4-2-11-24-21(15)20/h1-9,11,13H,10,12,14H2. The monoisotopic (exact) mass is 436 g/mol. The van der Waals surface area contributed by atoms with Crippen LogP contribution in [0.3, 0.4) is 0 Å². The Morgan fingerprint density at radius 3 is 2.60 bits per heavy atom. The molecule has 2 aromatic heterocycles. The van der Waals surface area contributed by atoms with Gasteiger partial charge in [0.1, 0.15) is 4.90 Å². The van der Waals surface area contributed by atoms with E-state index >= 15 is 0 Å². The molecule has 0 spiro atoms. The Bertz CT molecular complexity index is 1350. The molecular weight excluding hydrogens is 420 g/mol. The zero-order valence-electron chi connectivity index (χ0n) is 15.9. The van der Waals surface area contributed by atoms with Crippen molar-refractivity contribution in [3.8, 4) is 11.4 Å². The number of hydrogen-bond acceptors (Lipinski definition) is 5. The molecule has 0 saturated carbocycles. The molecule has 5 rings (SSSR count). The molecule has 2 aromatic carbocycles. The molecule has 0 bridgehead atoms. The van der Waals surface area contributed by atoms with Gasteiger partial charge in [0.25, 0.3) is 0 Å². The van der Waals surface area contributed by atoms with E-state index in [0.29, 0.717) is 29.3 Å². The molecular formula is C22H17ClN4O2S. The van der Waals surface area contributed by atoms with E-state index in [1.54, 1.807) is 42.7 Å². The number of aromatic nitrogens is 3. The quantitative estimate of drug-likeness (QED) is 0.483. The van der Waals surface area contributed by atoms with Crippen molar-refractivity contribution in [2.45, 2.75) is 17.9 Å². The highest BCUT2D eigenvalue weighted by atomic mass is 35.5. The van der Waals surface area contributed by atoms with Crippen LogP contribution in [-0.4, -0.2) is 34.2 Å². The summed E-state index contributed by atoms with van der Waals surface area (Å²) in [5.41, 5.74) is 3.05. The molecule has 1 aliphatic heterocycles. The molecule has 0 unspecified atom stereocenters. The van der Waals surface area contributed by atoms with Crippen molar-refractivity contribution in [2.75, 3.05) is 6.54 Å². The molecule has 6 nitrogen and oxygen atoms in total. The van der Waals surface area contributed by atoms with Crippen LogP contribution in [0.4, 0.5) is 0 Å². The fraction of sp³-hybridized carbons (Fsp3) is 0.136. The van der Waals surface area contributed by atoms with Crippen LogP contribution in [0.15, 0.2) is 71.9 Å². The summed E-state index contributed by atoms with van der Waals surface area (Å²) in [6.07, 6.45) is 3.85. The fourth-order valence-electron chi connectivity index (χ4n) is 3.66. The summed E-state index contributed by atoms with van der Waals surface area (Å²) in [5.74, 6) is 0.611. The van der Waals surface area contributed by atoms with Gasteiger partial charge in [-0.2, -0.15) is 4.31 Å². The molecule has 0 N–H and O–H groups in total. The third kappa shape index (κ3) is 3.35. The second-order valence-electron chi connectivity index (χ2n) is 7.09. The summed E-state index contributed by atoms with van der Waals surface area (Å²) >= 11 is 5.95. The SMILES string of the molecule is O=S(=O)(c1cccc2cccnc12)N1CCc2nc(-c3ccc(Cl)cc3)ncc2C1. The Morgan fingerprint density at radius 1 is 0.967 bits per heavy atom. The average molecular weight is 437 g/mol. The number of sulfonamides is 1. The van der Waals surface area contributed by atoms with Gasteiger partial charge in [-0.3, -0.25) is 4.98 Å². The third-order valence-corrected chi connectivity index (χ3v) is 7.34. The van der Waals surface area contributed by atoms with E-state index in [-0.39, 0.29) is 11.4 Å². The van der Waals surface area contributed by atoms with E-state index in [9.17, 15) is 8.42 Å². The Morgan fingerprint density at radius 2 is 1.77 bits per heavy atom. The lowest BCUT2D eigenvalue weighted by molar-refractivity contribution is 0.387. The van der Waals surface area contributed by atoms with Gasteiger partial charge in [0, 0.05) is 53.4 Å². The van der Waals surface area contributed by atoms with Gasteiger partial charge in [0.2, 0.25) is 10.0 Å². The maximum atomic E-state index is 13.4. The van der Waals surface area contributed by atoms with E-state index in [1.165, 1.54) is 4.31 Å². The topological polar surface area (TPSA) is 76.1 Å². The van der Waals surface area contributed by atoms with Gasteiger partial charge in [-0.15, -0.1) is 0 Å². The highest BCUT2D eigenvalue weighted by Gasteiger charge is 2.31. The van der Waals surface area contributed by atoms with Crippen molar-refractivity contribution in [3.63, 3.8) is 0 Å². The molecule has 30 heavy (non-hydrogen) atoms. The first-order chi connectivity index (χ1) is 14.5. The van der Waals surface area contributed by atoms with Crippen LogP contribution in [-0.2, 0) is 23.0 Å². The lowest BCUT2D eigenvalue weighted by Crippen LogP contribution is -2.36. The highest BCUT2D eigenvalue weighted by molar-refractivity contribution is 7.89. The first-order valence-corrected chi connectivity index (χ1v) is 11.3. The number of nitrogens with zero attached hydrogens (tertiary/aromatic N) is 4. The number of hydrogen-bond donors (Lipinski definition) is 0. The minimum absolute atomic E-state index is 0.225. The van der Waals surface area contributed by atoms with Crippen LogP contribution in [0.5, 0.6) is 0 Å². The molecule has 0 radical (unpaired) electrons.